The first kappa shape index (κ1) is 6.18. The topological polar surface area (TPSA) is 53.5 Å². The fourth-order valence-corrected chi connectivity index (χ4v) is 0.469. The number of hydrogen-bond donors (Lipinski definition) is 0. The molecule has 10 heavy (non-hydrogen) atoms. The molecule has 48 valence electrons. The van der Waals surface area contributed by atoms with Crippen LogP contribution in [0.2, 0.25) is 0 Å². The Balaban J connectivity index is 3.13. The van der Waals surface area contributed by atoms with E-state index in [1.165, 1.54) is 6.26 Å². The minimum absolute atomic E-state index is 0.236. The molecular weight excluding hydrogens is 132 g/mol. The van der Waals surface area contributed by atoms with E-state index >= 15 is 0 Å². The van der Waals surface area contributed by atoms with Crippen molar-refractivity contribution in [3.63, 3.8) is 0 Å². The van der Waals surface area contributed by atoms with Crippen molar-refractivity contribution in [2.75, 3.05) is 0 Å². The van der Waals surface area contributed by atoms with Crippen LogP contribution in [0.1, 0.15) is 11.3 Å². The third-order valence-electron chi connectivity index (χ3n) is 0.872. The quantitative estimate of drug-likeness (QED) is 0.390. The van der Waals surface area contributed by atoms with Crippen LogP contribution in [0.4, 0.5) is 0 Å². The van der Waals surface area contributed by atoms with Gasteiger partial charge >= 0.3 is 6.07 Å². The number of nitrogens with zero attached hydrogens (tertiary/aromatic N) is 2. The maximum Gasteiger partial charge on any atom is 0.343 e. The van der Waals surface area contributed by atoms with Gasteiger partial charge in [-0.15, -0.1) is 6.42 Å². The molecule has 0 atom stereocenters. The van der Waals surface area contributed by atoms with Crippen LogP contribution in [0.5, 0.6) is 0 Å². The molecule has 0 unspecified atom stereocenters. The molecule has 0 N–H and O–H groups in total. The highest BCUT2D eigenvalue weighted by molar-refractivity contribution is 5.41. The maximum atomic E-state index is 9.64. The van der Waals surface area contributed by atoms with Gasteiger partial charge in [0.25, 0.3) is 0 Å². The van der Waals surface area contributed by atoms with E-state index in [1.54, 1.807) is 0 Å². The summed E-state index contributed by atoms with van der Waals surface area (Å²) in [6.07, 6.45) is 6.17. The Morgan fingerprint density at radius 2 is 2.60 bits per heavy atom. The minimum atomic E-state index is 0.236. The second-order valence-electron chi connectivity index (χ2n) is 1.42. The highest BCUT2D eigenvalue weighted by Gasteiger charge is 2.05. The summed E-state index contributed by atoms with van der Waals surface area (Å²) in [5.41, 5.74) is 0.539. The van der Waals surface area contributed by atoms with E-state index in [0.717, 1.165) is 0 Å². The Kier molecular flexibility index (Phi) is 1.58. The van der Waals surface area contributed by atoms with E-state index in [2.05, 4.69) is 26.7 Å². The average molecular weight is 134 g/mol. The average Bonchev–Trinajstić information content (AvgIpc) is 2.36. The molecule has 4 heteroatoms. The molecule has 1 aromatic rings. The largest absolute Gasteiger partial charge is 0.498 e. The van der Waals surface area contributed by atoms with E-state index < -0.39 is 0 Å². The fourth-order valence-electron chi connectivity index (χ4n) is 0.469. The molecule has 0 fully saturated rings. The predicted octanol–water partition coefficient (Wildman–Crippen LogP) is 0.835. The van der Waals surface area contributed by atoms with Crippen molar-refractivity contribution in [2.45, 2.75) is 0 Å². The van der Waals surface area contributed by atoms with Crippen molar-refractivity contribution in [3.8, 4) is 18.4 Å². The Morgan fingerprint density at radius 3 is 3.20 bits per heavy atom. The Bertz CT molecular complexity index is 323. The summed E-state index contributed by atoms with van der Waals surface area (Å²) in [5, 5.41) is 15.4. The van der Waals surface area contributed by atoms with Crippen LogP contribution in [-0.2, 0) is 0 Å². The van der Waals surface area contributed by atoms with Crippen LogP contribution in [-0.4, -0.2) is 5.16 Å². The Hall–Kier alpha value is -1.94. The molecular formula is C6H2N2O2. The van der Waals surface area contributed by atoms with E-state index in [-0.39, 0.29) is 5.69 Å². The van der Waals surface area contributed by atoms with Gasteiger partial charge < -0.3 is 9.73 Å². The molecule has 0 amide bonds. The molecule has 0 radical (unpaired) electrons. The molecule has 0 aromatic carbocycles. The van der Waals surface area contributed by atoms with E-state index in [0.29, 0.717) is 5.56 Å². The lowest BCUT2D eigenvalue weighted by molar-refractivity contribution is 0.417. The highest BCUT2D eigenvalue weighted by Crippen LogP contribution is 2.01. The lowest BCUT2D eigenvalue weighted by atomic mass is 10.3. The second kappa shape index (κ2) is 2.56. The first-order valence-electron chi connectivity index (χ1n) is 2.38. The van der Waals surface area contributed by atoms with E-state index in [9.17, 15) is 5.21 Å². The standard InChI is InChI=1S/C6H2N2O2/c1-2-6-5(3-7-9)4-10-8-6/h1,4H. The van der Waals surface area contributed by atoms with Crippen LogP contribution in [0.3, 0.4) is 0 Å². The summed E-state index contributed by atoms with van der Waals surface area (Å²) in [6.45, 7) is 0. The third kappa shape index (κ3) is 0.910. The first-order valence-corrected chi connectivity index (χ1v) is 2.38. The van der Waals surface area contributed by atoms with Crippen molar-refractivity contribution in [2.24, 2.45) is 0 Å². The molecule has 0 spiro atoms. The molecule has 1 heterocycles. The van der Waals surface area contributed by atoms with Gasteiger partial charge in [-0.2, -0.15) is 0 Å². The first-order chi connectivity index (χ1) is 4.88. The van der Waals surface area contributed by atoms with Crippen molar-refractivity contribution >= 4 is 0 Å². The molecule has 0 saturated carbocycles. The number of terminal acetylenes is 1. The fraction of sp³-hybridized carbons (Fsp3) is 0. The molecule has 0 aliphatic carbocycles. The van der Waals surface area contributed by atoms with E-state index in [1.807, 2.05) is 0 Å². The lowest BCUT2D eigenvalue weighted by Crippen LogP contribution is -1.75. The summed E-state index contributed by atoms with van der Waals surface area (Å²) in [4.78, 5) is 0. The molecule has 1 rings (SSSR count). The van der Waals surface area contributed by atoms with Crippen LogP contribution < -0.4 is 0 Å². The van der Waals surface area contributed by atoms with Gasteiger partial charge in [-0.25, -0.2) is 0 Å². The van der Waals surface area contributed by atoms with Crippen LogP contribution in [0.15, 0.2) is 10.8 Å². The van der Waals surface area contributed by atoms with Crippen LogP contribution in [0.25, 0.3) is 5.01 Å². The zero-order chi connectivity index (χ0) is 7.40. The Morgan fingerprint density at radius 1 is 1.80 bits per heavy atom. The van der Waals surface area contributed by atoms with Crippen LogP contribution >= 0.6 is 0 Å². The van der Waals surface area contributed by atoms with Gasteiger partial charge in [-0.1, -0.05) is 5.16 Å². The normalized spacial score (nSPS) is 7.50. The zero-order valence-corrected chi connectivity index (χ0v) is 4.87. The molecule has 0 aliphatic rings. The van der Waals surface area contributed by atoms with Gasteiger partial charge in [-0.05, 0) is 5.92 Å². The van der Waals surface area contributed by atoms with Crippen molar-refractivity contribution in [1.29, 1.82) is 0 Å². The summed E-state index contributed by atoms with van der Waals surface area (Å²) >= 11 is 0. The lowest BCUT2D eigenvalue weighted by Gasteiger charge is -1.69. The molecule has 4 nitrogen and oxygen atoms in total. The van der Waals surface area contributed by atoms with Crippen molar-refractivity contribution in [3.05, 3.63) is 27.7 Å². The summed E-state index contributed by atoms with van der Waals surface area (Å²) in [6, 6.07) is 2.08. The van der Waals surface area contributed by atoms with E-state index in [4.69, 9.17) is 6.42 Å². The van der Waals surface area contributed by atoms with Crippen LogP contribution in [0, 0.1) is 23.6 Å². The molecule has 0 bridgehead atoms. The predicted molar refractivity (Wildman–Crippen MR) is 34.2 cm³/mol. The molecule has 0 aliphatic heterocycles. The summed E-state index contributed by atoms with van der Waals surface area (Å²) < 4.78 is 4.44. The van der Waals surface area contributed by atoms with Gasteiger partial charge in [0.15, 0.2) is 11.3 Å². The Labute approximate surface area is 56.8 Å². The second-order valence-corrected chi connectivity index (χ2v) is 1.42. The van der Waals surface area contributed by atoms with Crippen molar-refractivity contribution in [1.82, 2.24) is 5.16 Å². The zero-order valence-electron chi connectivity index (χ0n) is 4.87. The molecule has 0 saturated heterocycles. The van der Waals surface area contributed by atoms with Gasteiger partial charge in [0.1, 0.15) is 6.26 Å². The van der Waals surface area contributed by atoms with Gasteiger partial charge in [0.2, 0.25) is 0 Å². The number of aromatic nitrogens is 1. The smallest absolute Gasteiger partial charge is 0.343 e. The SMILES string of the molecule is C#Cc1nocc1C#[N+][O-]. The third-order valence-corrected chi connectivity index (χ3v) is 0.872. The van der Waals surface area contributed by atoms with Gasteiger partial charge in [0, 0.05) is 5.01 Å². The van der Waals surface area contributed by atoms with Gasteiger partial charge in [0.05, 0.1) is 0 Å². The minimum Gasteiger partial charge on any atom is -0.498 e. The number of hydrogen-bond acceptors (Lipinski definition) is 3. The highest BCUT2D eigenvalue weighted by atomic mass is 16.5. The van der Waals surface area contributed by atoms with Crippen molar-refractivity contribution < 1.29 is 4.52 Å². The summed E-state index contributed by atoms with van der Waals surface area (Å²) in [7, 11) is 0. The van der Waals surface area contributed by atoms with Gasteiger partial charge in [-0.3, -0.25) is 0 Å². The maximum absolute atomic E-state index is 9.64. The summed E-state index contributed by atoms with van der Waals surface area (Å²) in [5.74, 6) is 2.19. The monoisotopic (exact) mass is 134 g/mol. The number of rotatable bonds is 0. The molecule has 1 aromatic heterocycles.